The molecule has 2 aromatic heterocycles. The molecule has 0 aromatic carbocycles. The van der Waals surface area contributed by atoms with Gasteiger partial charge in [0.15, 0.2) is 0 Å². The molecule has 2 aromatic rings. The maximum Gasteiger partial charge on any atom is 0.141 e. The summed E-state index contributed by atoms with van der Waals surface area (Å²) in [5.74, 6) is -0.324. The number of nitrogens with zero attached hydrogens (tertiary/aromatic N) is 3. The van der Waals surface area contributed by atoms with Crippen LogP contribution in [0.4, 0.5) is 4.39 Å². The molecule has 0 saturated carbocycles. The molecule has 1 atom stereocenters. The van der Waals surface area contributed by atoms with E-state index in [0.717, 1.165) is 17.1 Å². The standard InChI is InChI=1S/C13H15FN4/c1-9-5-17-12(7-15-9)8-16-10(2)13-4-3-11(14)6-18-13/h3-7,10,16H,8H2,1-2H3. The van der Waals surface area contributed by atoms with Crippen LogP contribution in [0, 0.1) is 12.7 Å². The van der Waals surface area contributed by atoms with Crippen LogP contribution in [0.1, 0.15) is 30.0 Å². The highest BCUT2D eigenvalue weighted by atomic mass is 19.1. The van der Waals surface area contributed by atoms with Gasteiger partial charge < -0.3 is 5.32 Å². The van der Waals surface area contributed by atoms with Gasteiger partial charge in [0, 0.05) is 25.0 Å². The maximum absolute atomic E-state index is 12.7. The molecule has 0 aliphatic rings. The second-order valence-electron chi connectivity index (χ2n) is 4.15. The first-order valence-electron chi connectivity index (χ1n) is 5.77. The molecule has 0 bridgehead atoms. The Bertz CT molecular complexity index is 495. The zero-order valence-corrected chi connectivity index (χ0v) is 10.4. The van der Waals surface area contributed by atoms with E-state index in [2.05, 4.69) is 20.3 Å². The Hall–Kier alpha value is -1.88. The number of hydrogen-bond acceptors (Lipinski definition) is 4. The van der Waals surface area contributed by atoms with Crippen LogP contribution in [-0.4, -0.2) is 15.0 Å². The van der Waals surface area contributed by atoms with Crippen molar-refractivity contribution in [2.24, 2.45) is 0 Å². The molecule has 0 aliphatic heterocycles. The lowest BCUT2D eigenvalue weighted by Gasteiger charge is -2.12. The molecule has 0 aliphatic carbocycles. The van der Waals surface area contributed by atoms with E-state index in [9.17, 15) is 4.39 Å². The fourth-order valence-electron chi connectivity index (χ4n) is 1.52. The molecule has 94 valence electrons. The van der Waals surface area contributed by atoms with Crippen LogP contribution >= 0.6 is 0 Å². The average molecular weight is 246 g/mol. The molecule has 0 amide bonds. The lowest BCUT2D eigenvalue weighted by atomic mass is 10.2. The SMILES string of the molecule is Cc1cnc(CNC(C)c2ccc(F)cn2)cn1. The third-order valence-electron chi connectivity index (χ3n) is 2.62. The Morgan fingerprint density at radius 3 is 2.61 bits per heavy atom. The smallest absolute Gasteiger partial charge is 0.141 e. The van der Waals surface area contributed by atoms with E-state index in [1.165, 1.54) is 12.3 Å². The van der Waals surface area contributed by atoms with Gasteiger partial charge in [0.1, 0.15) is 5.82 Å². The highest BCUT2D eigenvalue weighted by Crippen LogP contribution is 2.10. The summed E-state index contributed by atoms with van der Waals surface area (Å²) in [6, 6.07) is 3.12. The number of nitrogens with one attached hydrogen (secondary N) is 1. The van der Waals surface area contributed by atoms with Gasteiger partial charge in [0.05, 0.1) is 23.3 Å². The van der Waals surface area contributed by atoms with E-state index < -0.39 is 0 Å². The van der Waals surface area contributed by atoms with Crippen molar-refractivity contribution in [3.8, 4) is 0 Å². The quantitative estimate of drug-likeness (QED) is 0.898. The summed E-state index contributed by atoms with van der Waals surface area (Å²) in [7, 11) is 0. The largest absolute Gasteiger partial charge is 0.303 e. The topological polar surface area (TPSA) is 50.7 Å². The summed E-state index contributed by atoms with van der Waals surface area (Å²) >= 11 is 0. The highest BCUT2D eigenvalue weighted by molar-refractivity contribution is 5.09. The van der Waals surface area contributed by atoms with E-state index in [1.54, 1.807) is 18.5 Å². The lowest BCUT2D eigenvalue weighted by Crippen LogP contribution is -2.19. The summed E-state index contributed by atoms with van der Waals surface area (Å²) < 4.78 is 12.7. The molecule has 5 heteroatoms. The maximum atomic E-state index is 12.7. The molecule has 0 fully saturated rings. The van der Waals surface area contributed by atoms with E-state index in [1.807, 2.05) is 13.8 Å². The second-order valence-corrected chi connectivity index (χ2v) is 4.15. The van der Waals surface area contributed by atoms with Gasteiger partial charge in [-0.05, 0) is 26.0 Å². The van der Waals surface area contributed by atoms with Crippen LogP contribution in [0.25, 0.3) is 0 Å². The van der Waals surface area contributed by atoms with Crippen LogP contribution in [0.5, 0.6) is 0 Å². The Morgan fingerprint density at radius 1 is 1.17 bits per heavy atom. The van der Waals surface area contributed by atoms with Gasteiger partial charge in [0.2, 0.25) is 0 Å². The summed E-state index contributed by atoms with van der Waals surface area (Å²) in [5, 5.41) is 3.27. The molecule has 0 radical (unpaired) electrons. The van der Waals surface area contributed by atoms with E-state index in [4.69, 9.17) is 0 Å². The number of halogens is 1. The number of pyridine rings is 1. The van der Waals surface area contributed by atoms with Crippen LogP contribution < -0.4 is 5.32 Å². The molecular weight excluding hydrogens is 231 g/mol. The van der Waals surface area contributed by atoms with Crippen molar-refractivity contribution in [2.75, 3.05) is 0 Å². The van der Waals surface area contributed by atoms with Gasteiger partial charge in [-0.15, -0.1) is 0 Å². The van der Waals surface area contributed by atoms with Crippen molar-refractivity contribution in [3.63, 3.8) is 0 Å². The van der Waals surface area contributed by atoms with Crippen LogP contribution in [0.2, 0.25) is 0 Å². The third-order valence-corrected chi connectivity index (χ3v) is 2.62. The van der Waals surface area contributed by atoms with Gasteiger partial charge >= 0.3 is 0 Å². The number of aromatic nitrogens is 3. The average Bonchev–Trinajstić information content (AvgIpc) is 2.38. The molecule has 2 rings (SSSR count). The Balaban J connectivity index is 1.93. The van der Waals surface area contributed by atoms with Crippen molar-refractivity contribution < 1.29 is 4.39 Å². The monoisotopic (exact) mass is 246 g/mol. The van der Waals surface area contributed by atoms with Gasteiger partial charge in [0.25, 0.3) is 0 Å². The number of aryl methyl sites for hydroxylation is 1. The predicted molar refractivity (Wildman–Crippen MR) is 66.2 cm³/mol. The molecule has 1 unspecified atom stereocenters. The summed E-state index contributed by atoms with van der Waals surface area (Å²) in [6.45, 7) is 4.48. The van der Waals surface area contributed by atoms with Crippen molar-refractivity contribution in [3.05, 3.63) is 53.6 Å². The molecule has 18 heavy (non-hydrogen) atoms. The molecule has 0 spiro atoms. The van der Waals surface area contributed by atoms with Crippen LogP contribution in [0.15, 0.2) is 30.7 Å². The molecule has 1 N–H and O–H groups in total. The lowest BCUT2D eigenvalue weighted by molar-refractivity contribution is 0.548. The van der Waals surface area contributed by atoms with Gasteiger partial charge in [-0.1, -0.05) is 0 Å². The Labute approximate surface area is 105 Å². The first-order valence-corrected chi connectivity index (χ1v) is 5.77. The van der Waals surface area contributed by atoms with E-state index in [0.29, 0.717) is 6.54 Å². The number of hydrogen-bond donors (Lipinski definition) is 1. The highest BCUT2D eigenvalue weighted by Gasteiger charge is 2.06. The minimum atomic E-state index is -0.324. The Kier molecular flexibility index (Phi) is 3.94. The molecule has 0 saturated heterocycles. The first kappa shape index (κ1) is 12.6. The minimum Gasteiger partial charge on any atom is -0.303 e. The Morgan fingerprint density at radius 2 is 2.00 bits per heavy atom. The third kappa shape index (κ3) is 3.30. The van der Waals surface area contributed by atoms with E-state index in [-0.39, 0.29) is 11.9 Å². The molecular formula is C13H15FN4. The van der Waals surface area contributed by atoms with Crippen molar-refractivity contribution in [1.29, 1.82) is 0 Å². The summed E-state index contributed by atoms with van der Waals surface area (Å²) in [6.07, 6.45) is 4.70. The van der Waals surface area contributed by atoms with Crippen LogP contribution in [-0.2, 0) is 6.54 Å². The predicted octanol–water partition coefficient (Wildman–Crippen LogP) is 2.17. The number of rotatable bonds is 4. The normalized spacial score (nSPS) is 12.4. The fraction of sp³-hybridized carbons (Fsp3) is 0.308. The molecule has 2 heterocycles. The first-order chi connectivity index (χ1) is 8.65. The van der Waals surface area contributed by atoms with Gasteiger partial charge in [-0.2, -0.15) is 0 Å². The zero-order chi connectivity index (χ0) is 13.0. The second kappa shape index (κ2) is 5.64. The zero-order valence-electron chi connectivity index (χ0n) is 10.4. The van der Waals surface area contributed by atoms with Gasteiger partial charge in [-0.3, -0.25) is 15.0 Å². The van der Waals surface area contributed by atoms with Crippen molar-refractivity contribution >= 4 is 0 Å². The van der Waals surface area contributed by atoms with Crippen molar-refractivity contribution in [1.82, 2.24) is 20.3 Å². The van der Waals surface area contributed by atoms with E-state index >= 15 is 0 Å². The fourth-order valence-corrected chi connectivity index (χ4v) is 1.52. The van der Waals surface area contributed by atoms with Gasteiger partial charge in [-0.25, -0.2) is 4.39 Å². The van der Waals surface area contributed by atoms with Crippen LogP contribution in [0.3, 0.4) is 0 Å². The van der Waals surface area contributed by atoms with Crippen molar-refractivity contribution in [2.45, 2.75) is 26.4 Å². The molecule has 4 nitrogen and oxygen atoms in total. The minimum absolute atomic E-state index is 0.0358. The summed E-state index contributed by atoms with van der Waals surface area (Å²) in [4.78, 5) is 12.5. The summed E-state index contributed by atoms with van der Waals surface area (Å²) in [5.41, 5.74) is 2.57.